The first-order valence-electron chi connectivity index (χ1n) is 10.1. The summed E-state index contributed by atoms with van der Waals surface area (Å²) in [7, 11) is -1.79. The number of carbonyl (C=O) groups is 1. The lowest BCUT2D eigenvalue weighted by Gasteiger charge is -2.29. The fourth-order valence-corrected chi connectivity index (χ4v) is 6.74. The number of aryl methyl sites for hydroxylation is 3. The van der Waals surface area contributed by atoms with Crippen LogP contribution in [0.2, 0.25) is 0 Å². The first-order chi connectivity index (χ1) is 14.7. The number of rotatable bonds is 3. The Kier molecular flexibility index (Phi) is 5.85. The molecule has 2 aromatic carbocycles. The van der Waals surface area contributed by atoms with E-state index in [9.17, 15) is 17.6 Å². The van der Waals surface area contributed by atoms with E-state index in [1.54, 1.807) is 0 Å². The number of carbonyl (C=O) groups excluding carboxylic acids is 1. The van der Waals surface area contributed by atoms with Crippen molar-refractivity contribution in [3.05, 3.63) is 58.1 Å². The number of halogens is 1. The molecule has 1 aliphatic heterocycles. The highest BCUT2D eigenvalue weighted by atomic mass is 32.2. The number of aromatic nitrogens is 1. The summed E-state index contributed by atoms with van der Waals surface area (Å²) in [6.07, 6.45) is 0.824. The summed E-state index contributed by atoms with van der Waals surface area (Å²) >= 11 is 1.49. The van der Waals surface area contributed by atoms with Gasteiger partial charge in [-0.1, -0.05) is 17.4 Å². The van der Waals surface area contributed by atoms with Crippen LogP contribution in [0.1, 0.15) is 24.0 Å². The SMILES string of the molecule is Cc1cc(C)c2c(c1)sc(=NC(=O)C1CCN(S(=O)(=O)c3ccc(F)cc3)CC1)n2C. The van der Waals surface area contributed by atoms with Crippen molar-refractivity contribution >= 4 is 37.5 Å². The summed E-state index contributed by atoms with van der Waals surface area (Å²) < 4.78 is 43.0. The molecule has 0 unspecified atom stereocenters. The number of fused-ring (bicyclic) bond motifs is 1. The lowest BCUT2D eigenvalue weighted by Crippen LogP contribution is -2.40. The van der Waals surface area contributed by atoms with Gasteiger partial charge in [0.05, 0.1) is 15.1 Å². The third-order valence-corrected chi connectivity index (χ3v) is 8.69. The lowest BCUT2D eigenvalue weighted by atomic mass is 9.98. The van der Waals surface area contributed by atoms with Gasteiger partial charge in [0.2, 0.25) is 10.0 Å². The van der Waals surface area contributed by atoms with Crippen LogP contribution in [0.5, 0.6) is 0 Å². The van der Waals surface area contributed by atoms with Gasteiger partial charge in [0.1, 0.15) is 5.82 Å². The minimum absolute atomic E-state index is 0.0614. The molecule has 31 heavy (non-hydrogen) atoms. The van der Waals surface area contributed by atoms with Crippen molar-refractivity contribution in [1.29, 1.82) is 0 Å². The molecule has 4 rings (SSSR count). The zero-order valence-electron chi connectivity index (χ0n) is 17.6. The summed E-state index contributed by atoms with van der Waals surface area (Å²) in [5, 5.41) is 0. The number of sulfonamides is 1. The summed E-state index contributed by atoms with van der Waals surface area (Å²) in [5.41, 5.74) is 3.38. The first-order valence-corrected chi connectivity index (χ1v) is 12.3. The molecule has 0 atom stereocenters. The van der Waals surface area contributed by atoms with Gasteiger partial charge in [0, 0.05) is 26.1 Å². The summed E-state index contributed by atoms with van der Waals surface area (Å²) in [6, 6.07) is 9.00. The Labute approximate surface area is 184 Å². The Balaban J connectivity index is 1.51. The van der Waals surface area contributed by atoms with Gasteiger partial charge in [-0.25, -0.2) is 12.8 Å². The molecule has 1 aromatic heterocycles. The van der Waals surface area contributed by atoms with E-state index in [0.29, 0.717) is 17.6 Å². The second-order valence-electron chi connectivity index (χ2n) is 7.95. The van der Waals surface area contributed by atoms with Crippen LogP contribution in [0.3, 0.4) is 0 Å². The number of piperidine rings is 1. The molecule has 0 saturated carbocycles. The van der Waals surface area contributed by atoms with E-state index < -0.39 is 15.8 Å². The molecule has 0 radical (unpaired) electrons. The van der Waals surface area contributed by atoms with Gasteiger partial charge in [-0.05, 0) is 68.1 Å². The highest BCUT2D eigenvalue weighted by Crippen LogP contribution is 2.26. The molecular weight excluding hydrogens is 437 g/mol. The molecule has 0 N–H and O–H groups in total. The highest BCUT2D eigenvalue weighted by molar-refractivity contribution is 7.89. The molecule has 164 valence electrons. The highest BCUT2D eigenvalue weighted by Gasteiger charge is 2.32. The number of amides is 1. The molecule has 6 nitrogen and oxygen atoms in total. The lowest BCUT2D eigenvalue weighted by molar-refractivity contribution is -0.122. The van der Waals surface area contributed by atoms with E-state index in [-0.39, 0.29) is 29.8 Å². The largest absolute Gasteiger partial charge is 0.319 e. The Bertz CT molecular complexity index is 1320. The van der Waals surface area contributed by atoms with Crippen LogP contribution in [0.15, 0.2) is 46.3 Å². The minimum atomic E-state index is -3.70. The van der Waals surface area contributed by atoms with Crippen LogP contribution in [0.25, 0.3) is 10.2 Å². The molecule has 0 bridgehead atoms. The van der Waals surface area contributed by atoms with E-state index in [4.69, 9.17) is 0 Å². The average molecular weight is 462 g/mol. The maximum absolute atomic E-state index is 13.1. The maximum Gasteiger partial charge on any atom is 0.251 e. The Hall–Kier alpha value is -2.36. The van der Waals surface area contributed by atoms with E-state index in [0.717, 1.165) is 27.9 Å². The predicted octanol–water partition coefficient (Wildman–Crippen LogP) is 3.52. The van der Waals surface area contributed by atoms with Crippen molar-refractivity contribution in [2.45, 2.75) is 31.6 Å². The third-order valence-electron chi connectivity index (χ3n) is 5.69. The summed E-state index contributed by atoms with van der Waals surface area (Å²) in [6.45, 7) is 4.57. The number of benzene rings is 2. The normalized spacial score (nSPS) is 16.8. The monoisotopic (exact) mass is 461 g/mol. The van der Waals surface area contributed by atoms with Crippen LogP contribution in [-0.2, 0) is 21.9 Å². The van der Waals surface area contributed by atoms with E-state index in [2.05, 4.69) is 17.1 Å². The van der Waals surface area contributed by atoms with E-state index in [1.165, 1.54) is 33.3 Å². The van der Waals surface area contributed by atoms with Crippen molar-refractivity contribution < 1.29 is 17.6 Å². The summed E-state index contributed by atoms with van der Waals surface area (Å²) in [5.74, 6) is -1.01. The van der Waals surface area contributed by atoms with Crippen LogP contribution in [0.4, 0.5) is 4.39 Å². The molecule has 0 aliphatic carbocycles. The molecule has 2 heterocycles. The van der Waals surface area contributed by atoms with Gasteiger partial charge in [0.25, 0.3) is 5.91 Å². The van der Waals surface area contributed by atoms with Gasteiger partial charge in [-0.2, -0.15) is 9.30 Å². The minimum Gasteiger partial charge on any atom is -0.319 e. The molecule has 1 fully saturated rings. The zero-order valence-corrected chi connectivity index (χ0v) is 19.3. The smallest absolute Gasteiger partial charge is 0.251 e. The van der Waals surface area contributed by atoms with Crippen LogP contribution >= 0.6 is 11.3 Å². The second-order valence-corrected chi connectivity index (χ2v) is 10.9. The molecule has 1 amide bonds. The summed E-state index contributed by atoms with van der Waals surface area (Å²) in [4.78, 5) is 17.9. The van der Waals surface area contributed by atoms with Gasteiger partial charge >= 0.3 is 0 Å². The first kappa shape index (κ1) is 21.9. The molecular formula is C22H24FN3O3S2. The fraction of sp³-hybridized carbons (Fsp3) is 0.364. The number of nitrogens with zero attached hydrogens (tertiary/aromatic N) is 3. The van der Waals surface area contributed by atoms with Crippen molar-refractivity contribution in [2.75, 3.05) is 13.1 Å². The van der Waals surface area contributed by atoms with Crippen molar-refractivity contribution in [3.63, 3.8) is 0 Å². The molecule has 1 saturated heterocycles. The molecule has 1 aliphatic rings. The van der Waals surface area contributed by atoms with E-state index in [1.807, 2.05) is 25.5 Å². The standard InChI is InChI=1S/C22H24FN3O3S2/c1-14-12-15(2)20-19(13-14)30-22(25(20)3)24-21(27)16-8-10-26(11-9-16)31(28,29)18-6-4-17(23)5-7-18/h4-7,12-13,16H,8-11H2,1-3H3. The van der Waals surface area contributed by atoms with Crippen LogP contribution in [0, 0.1) is 25.6 Å². The van der Waals surface area contributed by atoms with Crippen molar-refractivity contribution in [3.8, 4) is 0 Å². The Morgan fingerprint density at radius 3 is 2.42 bits per heavy atom. The van der Waals surface area contributed by atoms with Crippen molar-refractivity contribution in [1.82, 2.24) is 8.87 Å². The predicted molar refractivity (Wildman–Crippen MR) is 119 cm³/mol. The molecule has 3 aromatic rings. The fourth-order valence-electron chi connectivity index (χ4n) is 4.07. The number of thiazole rings is 1. The maximum atomic E-state index is 13.1. The Morgan fingerprint density at radius 1 is 1.13 bits per heavy atom. The number of hydrogen-bond donors (Lipinski definition) is 0. The Morgan fingerprint density at radius 2 is 1.77 bits per heavy atom. The van der Waals surface area contributed by atoms with Gasteiger partial charge < -0.3 is 4.57 Å². The quantitative estimate of drug-likeness (QED) is 0.599. The molecule has 9 heteroatoms. The zero-order chi connectivity index (χ0) is 22.3. The van der Waals surface area contributed by atoms with Gasteiger partial charge in [-0.15, -0.1) is 0 Å². The van der Waals surface area contributed by atoms with E-state index >= 15 is 0 Å². The molecule has 0 spiro atoms. The topological polar surface area (TPSA) is 71.7 Å². The van der Waals surface area contributed by atoms with Crippen LogP contribution in [-0.4, -0.2) is 36.3 Å². The van der Waals surface area contributed by atoms with Crippen molar-refractivity contribution in [2.24, 2.45) is 18.0 Å². The van der Waals surface area contributed by atoms with Gasteiger partial charge in [-0.3, -0.25) is 4.79 Å². The van der Waals surface area contributed by atoms with Crippen LogP contribution < -0.4 is 4.80 Å². The van der Waals surface area contributed by atoms with Gasteiger partial charge in [0.15, 0.2) is 4.80 Å². The average Bonchev–Trinajstić information content (AvgIpc) is 3.03. The number of hydrogen-bond acceptors (Lipinski definition) is 4. The second kappa shape index (κ2) is 8.29. The third kappa shape index (κ3) is 4.22.